The van der Waals surface area contributed by atoms with E-state index in [9.17, 15) is 0 Å². The third-order valence-electron chi connectivity index (χ3n) is 11.9. The molecule has 0 radical (unpaired) electrons. The molecule has 254 valence electrons. The van der Waals surface area contributed by atoms with Crippen molar-refractivity contribution in [1.29, 1.82) is 0 Å². The summed E-state index contributed by atoms with van der Waals surface area (Å²) < 4.78 is 3.85. The summed E-state index contributed by atoms with van der Waals surface area (Å²) in [6.45, 7) is 19.1. The van der Waals surface area contributed by atoms with Gasteiger partial charge in [-0.3, -0.25) is 0 Å². The normalized spacial score (nSPS) is 18.5. The van der Waals surface area contributed by atoms with Gasteiger partial charge in [0, 0.05) is 0 Å². The van der Waals surface area contributed by atoms with Crippen molar-refractivity contribution in [3.8, 4) is 11.1 Å². The summed E-state index contributed by atoms with van der Waals surface area (Å²) in [5.41, 5.74) is 20.5. The Morgan fingerprint density at radius 3 is 1.74 bits per heavy atom. The first-order chi connectivity index (χ1) is 22.9. The largest absolute Gasteiger partial charge is 1.00 e. The molecular weight excluding hydrogens is 727 g/mol. The van der Waals surface area contributed by atoms with Gasteiger partial charge in [-0.1, -0.05) is 0 Å². The van der Waals surface area contributed by atoms with Gasteiger partial charge in [-0.05, 0) is 0 Å². The van der Waals surface area contributed by atoms with Crippen LogP contribution < -0.4 is 24.8 Å². The van der Waals surface area contributed by atoms with E-state index in [2.05, 4.69) is 159 Å². The Morgan fingerprint density at radius 2 is 1.20 bits per heavy atom. The standard InChI is InChI=1S/C27H29.C15H14.C5H5.2ClH.Zr/c1-16-7-9-26(3,4)24-12-18-11-19-13-25-21(17(2)8-10-27(25,5)6)15-23(19)22(18)14-20(16)24;1-12-3-7-14(8-4-12)11-15-9-5-13(2)6-10-15;1-2-4-5-3-1;;;/h7-9,12-15H,10-11H2,1-6H3;3-10H,1-2H3;1-3H,4H2;2*1H;/q;;;;;+2/p-2. The van der Waals surface area contributed by atoms with Crippen molar-refractivity contribution in [2.75, 3.05) is 0 Å². The van der Waals surface area contributed by atoms with Crippen molar-refractivity contribution in [3.63, 3.8) is 0 Å². The molecule has 0 bridgehead atoms. The smallest absolute Gasteiger partial charge is 1.00 e. The van der Waals surface area contributed by atoms with Gasteiger partial charge in [0.2, 0.25) is 0 Å². The van der Waals surface area contributed by atoms with Crippen LogP contribution in [-0.2, 0) is 38.5 Å². The van der Waals surface area contributed by atoms with E-state index in [0.29, 0.717) is 3.63 Å². The van der Waals surface area contributed by atoms with Crippen molar-refractivity contribution in [2.24, 2.45) is 0 Å². The zero-order valence-electron chi connectivity index (χ0n) is 30.8. The molecule has 0 nitrogen and oxygen atoms in total. The van der Waals surface area contributed by atoms with Gasteiger partial charge in [0.25, 0.3) is 0 Å². The molecule has 4 aromatic rings. The minimum atomic E-state index is -2.62. The number of fused-ring (bicyclic) bond motifs is 5. The summed E-state index contributed by atoms with van der Waals surface area (Å²) in [6, 6.07) is 29.1. The molecule has 4 aromatic carbocycles. The fraction of sp³-hybridized carbons (Fsp3) is 0.298. The average molecular weight is 775 g/mol. The summed E-state index contributed by atoms with van der Waals surface area (Å²) in [7, 11) is 0. The Bertz CT molecular complexity index is 2120. The molecule has 0 saturated heterocycles. The van der Waals surface area contributed by atoms with Crippen LogP contribution in [0.25, 0.3) is 22.3 Å². The molecule has 1 atom stereocenters. The van der Waals surface area contributed by atoms with Crippen molar-refractivity contribution in [3.05, 3.63) is 162 Å². The van der Waals surface area contributed by atoms with E-state index in [4.69, 9.17) is 0 Å². The van der Waals surface area contributed by atoms with Crippen LogP contribution in [0.15, 0.2) is 106 Å². The number of halogens is 2. The first-order valence-electron chi connectivity index (χ1n) is 17.9. The van der Waals surface area contributed by atoms with Gasteiger partial charge in [-0.2, -0.15) is 0 Å². The van der Waals surface area contributed by atoms with Gasteiger partial charge < -0.3 is 24.8 Å². The molecule has 0 fully saturated rings. The number of rotatable bonds is 4. The average Bonchev–Trinajstić information content (AvgIpc) is 3.72. The Labute approximate surface area is 320 Å². The minimum absolute atomic E-state index is 0. The topological polar surface area (TPSA) is 0 Å². The predicted molar refractivity (Wildman–Crippen MR) is 204 cm³/mol. The molecule has 4 aliphatic rings. The van der Waals surface area contributed by atoms with Crippen molar-refractivity contribution in [1.82, 2.24) is 0 Å². The zero-order valence-corrected chi connectivity index (χ0v) is 34.7. The maximum atomic E-state index is 2.73. The second kappa shape index (κ2) is 13.6. The first-order valence-corrected chi connectivity index (χ1v) is 21.8. The van der Waals surface area contributed by atoms with E-state index in [1.54, 1.807) is 12.1 Å². The van der Waals surface area contributed by atoms with Gasteiger partial charge in [-0.15, -0.1) is 0 Å². The quantitative estimate of drug-likeness (QED) is 0.205. The van der Waals surface area contributed by atoms with Crippen LogP contribution in [0.5, 0.6) is 0 Å². The van der Waals surface area contributed by atoms with Gasteiger partial charge in [0.05, 0.1) is 0 Å². The van der Waals surface area contributed by atoms with Crippen LogP contribution in [0.3, 0.4) is 0 Å². The molecule has 4 aliphatic carbocycles. The Morgan fingerprint density at radius 1 is 0.660 bits per heavy atom. The fourth-order valence-electron chi connectivity index (χ4n) is 8.90. The van der Waals surface area contributed by atoms with Gasteiger partial charge in [0.1, 0.15) is 0 Å². The third-order valence-corrected chi connectivity index (χ3v) is 21.0. The molecule has 8 rings (SSSR count). The Balaban J connectivity index is 0.00000216. The molecule has 0 saturated carbocycles. The monoisotopic (exact) mass is 772 g/mol. The Kier molecular flexibility index (Phi) is 10.1. The second-order valence-corrected chi connectivity index (χ2v) is 22.5. The minimum Gasteiger partial charge on any atom is -1.00 e. The van der Waals surface area contributed by atoms with E-state index < -0.39 is 21.3 Å². The molecule has 1 unspecified atom stereocenters. The first kappa shape index (κ1) is 36.9. The van der Waals surface area contributed by atoms with E-state index in [0.717, 1.165) is 19.3 Å². The van der Waals surface area contributed by atoms with Crippen LogP contribution in [0, 0.1) is 13.8 Å². The molecule has 50 heavy (non-hydrogen) atoms. The molecule has 0 aliphatic heterocycles. The molecule has 0 aromatic heterocycles. The molecule has 0 spiro atoms. The van der Waals surface area contributed by atoms with Gasteiger partial charge >= 0.3 is 298 Å². The van der Waals surface area contributed by atoms with Crippen LogP contribution in [0.4, 0.5) is 0 Å². The third kappa shape index (κ3) is 6.10. The van der Waals surface area contributed by atoms with Crippen molar-refractivity contribution in [2.45, 2.75) is 89.1 Å². The molecule has 0 N–H and O–H groups in total. The van der Waals surface area contributed by atoms with E-state index in [1.165, 1.54) is 72.3 Å². The number of allylic oxidation sites excluding steroid dienone is 8. The van der Waals surface area contributed by atoms with E-state index in [1.807, 2.05) is 0 Å². The predicted octanol–water partition coefficient (Wildman–Crippen LogP) is 6.18. The number of aryl methyl sites for hydroxylation is 2. The van der Waals surface area contributed by atoms with Crippen molar-refractivity contribution < 1.29 is 46.1 Å². The van der Waals surface area contributed by atoms with Crippen LogP contribution >= 0.6 is 0 Å². The molecular formula is C47H48Cl2Zr. The number of hydrogen-bond donors (Lipinski definition) is 0. The summed E-state index contributed by atoms with van der Waals surface area (Å²) in [5.74, 6) is 0. The fourth-order valence-corrected chi connectivity index (χ4v) is 18.5. The van der Waals surface area contributed by atoms with Gasteiger partial charge in [-0.25, -0.2) is 0 Å². The van der Waals surface area contributed by atoms with Crippen LogP contribution in [0.1, 0.15) is 110 Å². The second-order valence-electron chi connectivity index (χ2n) is 16.2. The summed E-state index contributed by atoms with van der Waals surface area (Å²) in [5, 5.41) is 0. The maximum Gasteiger partial charge on any atom is -1.00 e. The molecule has 0 amide bonds. The van der Waals surface area contributed by atoms with Gasteiger partial charge in [0.15, 0.2) is 0 Å². The van der Waals surface area contributed by atoms with Crippen LogP contribution in [0.2, 0.25) is 3.63 Å². The number of benzene rings is 4. The molecule has 0 heterocycles. The summed E-state index contributed by atoms with van der Waals surface area (Å²) in [6.07, 6.45) is 15.6. The summed E-state index contributed by atoms with van der Waals surface area (Å²) in [4.78, 5) is 0. The Hall–Kier alpha value is -2.83. The number of hydrogen-bond acceptors (Lipinski definition) is 0. The maximum absolute atomic E-state index is 2.73. The zero-order chi connectivity index (χ0) is 33.5. The van der Waals surface area contributed by atoms with E-state index in [-0.39, 0.29) is 35.6 Å². The SMILES string of the molecule is CC1=CCC(C)(C)c2cc3c(cc21)-c1cc2c(cc1C3)C(C)(C)[CH]([Zr+2]([C]1=CC=CC1)=[C](c1ccc(C)cc1)c1ccc(C)cc1)C=C2C.[Cl-].[Cl-]. The summed E-state index contributed by atoms with van der Waals surface area (Å²) >= 11 is -2.62. The van der Waals surface area contributed by atoms with E-state index >= 15 is 0 Å². The van der Waals surface area contributed by atoms with Crippen LogP contribution in [-0.4, -0.2) is 3.21 Å². The molecule has 3 heteroatoms. The van der Waals surface area contributed by atoms with Crippen molar-refractivity contribution >= 4 is 14.4 Å².